The van der Waals surface area contributed by atoms with Crippen molar-refractivity contribution in [1.82, 2.24) is 9.62 Å². The Hall–Kier alpha value is -2.46. The van der Waals surface area contributed by atoms with Crippen molar-refractivity contribution in [2.45, 2.75) is 55.9 Å². The summed E-state index contributed by atoms with van der Waals surface area (Å²) in [4.78, 5) is 12.7. The van der Waals surface area contributed by atoms with Crippen molar-refractivity contribution in [2.24, 2.45) is 5.92 Å². The average molecular weight is 477 g/mol. The summed E-state index contributed by atoms with van der Waals surface area (Å²) in [6.07, 6.45) is 5.68. The second-order valence-corrected chi connectivity index (χ2v) is 10.4. The molecule has 0 radical (unpaired) electrons. The molecule has 0 fully saturated rings. The van der Waals surface area contributed by atoms with Gasteiger partial charge in [0.15, 0.2) is 0 Å². The lowest BCUT2D eigenvalue weighted by molar-refractivity contribution is -0.123. The van der Waals surface area contributed by atoms with E-state index in [0.717, 1.165) is 22.7 Å². The predicted octanol–water partition coefficient (Wildman–Crippen LogP) is 2.10. The summed E-state index contributed by atoms with van der Waals surface area (Å²) in [5, 5.41) is 23.6. The SMILES string of the molecule is C[C@@H](O)CN(CC(O)C(Cc1ccccc1)NC(=O)CC1C=CCC1)S(=O)(=O)c1ccco1. The van der Waals surface area contributed by atoms with E-state index in [4.69, 9.17) is 4.42 Å². The van der Waals surface area contributed by atoms with Crippen LogP contribution in [0.3, 0.4) is 0 Å². The zero-order chi connectivity index (χ0) is 23.8. The van der Waals surface area contributed by atoms with E-state index in [9.17, 15) is 23.4 Å². The van der Waals surface area contributed by atoms with Gasteiger partial charge in [0.05, 0.1) is 24.5 Å². The van der Waals surface area contributed by atoms with Gasteiger partial charge < -0.3 is 19.9 Å². The summed E-state index contributed by atoms with van der Waals surface area (Å²) in [6, 6.07) is 11.4. The molecule has 8 nitrogen and oxygen atoms in total. The molecule has 33 heavy (non-hydrogen) atoms. The molecular weight excluding hydrogens is 444 g/mol. The number of sulfonamides is 1. The number of amides is 1. The lowest BCUT2D eigenvalue weighted by atomic mass is 9.99. The number of furan rings is 1. The van der Waals surface area contributed by atoms with Gasteiger partial charge in [0.2, 0.25) is 11.0 Å². The molecule has 1 heterocycles. The first kappa shape index (κ1) is 25.2. The number of allylic oxidation sites excluding steroid dienone is 2. The predicted molar refractivity (Wildman–Crippen MR) is 124 cm³/mol. The summed E-state index contributed by atoms with van der Waals surface area (Å²) in [5.74, 6) is -0.0203. The number of rotatable bonds is 12. The van der Waals surface area contributed by atoms with Gasteiger partial charge in [0, 0.05) is 19.5 Å². The maximum Gasteiger partial charge on any atom is 0.276 e. The van der Waals surface area contributed by atoms with Crippen molar-refractivity contribution >= 4 is 15.9 Å². The molecule has 3 unspecified atom stereocenters. The van der Waals surface area contributed by atoms with Crippen LogP contribution in [0.4, 0.5) is 0 Å². The molecular formula is C24H32N2O6S. The molecule has 3 rings (SSSR count). The van der Waals surface area contributed by atoms with Crippen LogP contribution < -0.4 is 5.32 Å². The number of carbonyl (C=O) groups excluding carboxylic acids is 1. The summed E-state index contributed by atoms with van der Waals surface area (Å²) >= 11 is 0. The van der Waals surface area contributed by atoms with Crippen LogP contribution in [0, 0.1) is 5.92 Å². The fraction of sp³-hybridized carbons (Fsp3) is 0.458. The molecule has 3 N–H and O–H groups in total. The molecule has 180 valence electrons. The molecule has 0 saturated heterocycles. The van der Waals surface area contributed by atoms with Crippen molar-refractivity contribution < 1.29 is 27.8 Å². The van der Waals surface area contributed by atoms with E-state index >= 15 is 0 Å². The highest BCUT2D eigenvalue weighted by atomic mass is 32.2. The molecule has 1 aromatic heterocycles. The third kappa shape index (κ3) is 7.26. The lowest BCUT2D eigenvalue weighted by Crippen LogP contribution is -2.51. The normalized spacial score (nSPS) is 18.8. The summed E-state index contributed by atoms with van der Waals surface area (Å²) in [5.41, 5.74) is 0.901. The molecule has 0 spiro atoms. The van der Waals surface area contributed by atoms with E-state index in [0.29, 0.717) is 12.8 Å². The van der Waals surface area contributed by atoms with Crippen molar-refractivity contribution in [3.8, 4) is 0 Å². The molecule has 0 aliphatic heterocycles. The van der Waals surface area contributed by atoms with Crippen molar-refractivity contribution in [2.75, 3.05) is 13.1 Å². The maximum atomic E-state index is 13.0. The highest BCUT2D eigenvalue weighted by Gasteiger charge is 2.33. The van der Waals surface area contributed by atoms with Gasteiger partial charge in [0.1, 0.15) is 0 Å². The van der Waals surface area contributed by atoms with Gasteiger partial charge in [-0.25, -0.2) is 8.42 Å². The number of carbonyl (C=O) groups is 1. The molecule has 4 atom stereocenters. The minimum atomic E-state index is -4.08. The van der Waals surface area contributed by atoms with E-state index in [1.54, 1.807) is 0 Å². The van der Waals surface area contributed by atoms with Crippen LogP contribution in [-0.4, -0.2) is 60.2 Å². The van der Waals surface area contributed by atoms with E-state index in [2.05, 4.69) is 11.4 Å². The van der Waals surface area contributed by atoms with Crippen LogP contribution in [-0.2, 0) is 21.2 Å². The van der Waals surface area contributed by atoms with Gasteiger partial charge in [-0.1, -0.05) is 42.5 Å². The Kier molecular flexibility index (Phi) is 8.85. The maximum absolute atomic E-state index is 13.0. The van der Waals surface area contributed by atoms with Crippen LogP contribution >= 0.6 is 0 Å². The minimum absolute atomic E-state index is 0.172. The number of aliphatic hydroxyl groups is 2. The van der Waals surface area contributed by atoms with Gasteiger partial charge >= 0.3 is 0 Å². The fourth-order valence-corrected chi connectivity index (χ4v) is 5.40. The van der Waals surface area contributed by atoms with Gasteiger partial charge in [-0.2, -0.15) is 4.31 Å². The third-order valence-electron chi connectivity index (χ3n) is 5.62. The van der Waals surface area contributed by atoms with E-state index in [1.165, 1.54) is 25.3 Å². The van der Waals surface area contributed by atoms with E-state index in [-0.39, 0.29) is 30.0 Å². The summed E-state index contributed by atoms with van der Waals surface area (Å²) in [7, 11) is -4.08. The third-order valence-corrected chi connectivity index (χ3v) is 7.34. The smallest absolute Gasteiger partial charge is 0.276 e. The molecule has 0 bridgehead atoms. The quantitative estimate of drug-likeness (QED) is 0.404. The zero-order valence-electron chi connectivity index (χ0n) is 18.7. The van der Waals surface area contributed by atoms with Crippen LogP contribution in [0.15, 0.2) is 70.4 Å². The number of nitrogens with one attached hydrogen (secondary N) is 1. The molecule has 2 aromatic rings. The number of hydrogen-bond donors (Lipinski definition) is 3. The fourth-order valence-electron chi connectivity index (χ4n) is 3.96. The largest absolute Gasteiger partial charge is 0.452 e. The molecule has 1 amide bonds. The Labute approximate surface area is 195 Å². The highest BCUT2D eigenvalue weighted by molar-refractivity contribution is 7.89. The van der Waals surface area contributed by atoms with E-state index < -0.39 is 28.3 Å². The molecule has 0 saturated carbocycles. The monoisotopic (exact) mass is 476 g/mol. The van der Waals surface area contributed by atoms with E-state index in [1.807, 2.05) is 36.4 Å². The number of hydrogen-bond acceptors (Lipinski definition) is 6. The molecule has 9 heteroatoms. The first-order valence-electron chi connectivity index (χ1n) is 11.2. The number of benzene rings is 1. The van der Waals surface area contributed by atoms with Crippen LogP contribution in [0.5, 0.6) is 0 Å². The van der Waals surface area contributed by atoms with Gasteiger partial charge in [-0.15, -0.1) is 0 Å². The summed E-state index contributed by atoms with van der Waals surface area (Å²) < 4.78 is 32.1. The van der Waals surface area contributed by atoms with Crippen LogP contribution in [0.1, 0.15) is 31.7 Å². The zero-order valence-corrected chi connectivity index (χ0v) is 19.5. The Morgan fingerprint density at radius 2 is 1.94 bits per heavy atom. The Morgan fingerprint density at radius 1 is 1.18 bits per heavy atom. The Bertz CT molecular complexity index is 1000. The van der Waals surface area contributed by atoms with Crippen molar-refractivity contribution in [3.05, 3.63) is 66.4 Å². The Balaban J connectivity index is 1.77. The number of aliphatic hydroxyl groups excluding tert-OH is 2. The molecule has 1 aliphatic rings. The second-order valence-electron chi connectivity index (χ2n) is 8.50. The van der Waals surface area contributed by atoms with Crippen LogP contribution in [0.2, 0.25) is 0 Å². The van der Waals surface area contributed by atoms with Gasteiger partial charge in [-0.05, 0) is 49.8 Å². The first-order valence-corrected chi connectivity index (χ1v) is 12.6. The van der Waals surface area contributed by atoms with Gasteiger partial charge in [0.25, 0.3) is 10.0 Å². The van der Waals surface area contributed by atoms with Crippen molar-refractivity contribution in [1.29, 1.82) is 0 Å². The molecule has 1 aliphatic carbocycles. The lowest BCUT2D eigenvalue weighted by Gasteiger charge is -2.30. The van der Waals surface area contributed by atoms with Crippen LogP contribution in [0.25, 0.3) is 0 Å². The standard InChI is InChI=1S/C24H32N2O6S/c1-18(27)16-26(33(30,31)24-12-7-13-32-24)17-22(28)21(14-19-8-3-2-4-9-19)25-23(29)15-20-10-5-6-11-20/h2-5,7-10,12-13,18,20-22,27-28H,6,11,14-17H2,1H3,(H,25,29)/t18-,20?,21?,22?/m1/s1. The second kappa shape index (κ2) is 11.6. The van der Waals surface area contributed by atoms with Gasteiger partial charge in [-0.3, -0.25) is 4.79 Å². The Morgan fingerprint density at radius 3 is 2.55 bits per heavy atom. The van der Waals surface area contributed by atoms with Crippen molar-refractivity contribution in [3.63, 3.8) is 0 Å². The minimum Gasteiger partial charge on any atom is -0.452 e. The molecule has 1 aromatic carbocycles. The summed E-state index contributed by atoms with van der Waals surface area (Å²) in [6.45, 7) is 0.934. The highest BCUT2D eigenvalue weighted by Crippen LogP contribution is 2.21. The topological polar surface area (TPSA) is 120 Å². The number of nitrogens with zero attached hydrogens (tertiary/aromatic N) is 1. The first-order chi connectivity index (χ1) is 15.8. The average Bonchev–Trinajstić information content (AvgIpc) is 3.48.